The van der Waals surface area contributed by atoms with Gasteiger partial charge < -0.3 is 15.5 Å². The zero-order chi connectivity index (χ0) is 16.7. The number of urea groups is 1. The van der Waals surface area contributed by atoms with Crippen LogP contribution in [0.3, 0.4) is 0 Å². The number of hydrogen-bond donors (Lipinski definition) is 2. The minimum absolute atomic E-state index is 0.00569. The molecule has 1 aromatic rings. The fraction of sp³-hybridized carbons (Fsp3) is 0.556. The second kappa shape index (κ2) is 8.56. The summed E-state index contributed by atoms with van der Waals surface area (Å²) in [6.45, 7) is 5.31. The lowest BCUT2D eigenvalue weighted by Crippen LogP contribution is -2.50. The van der Waals surface area contributed by atoms with E-state index >= 15 is 0 Å². The zero-order valence-electron chi connectivity index (χ0n) is 14.0. The highest BCUT2D eigenvalue weighted by Gasteiger charge is 2.23. The average Bonchev–Trinajstić information content (AvgIpc) is 2.54. The fourth-order valence-electron chi connectivity index (χ4n) is 2.77. The van der Waals surface area contributed by atoms with Gasteiger partial charge in [0.2, 0.25) is 5.91 Å². The third-order valence-corrected chi connectivity index (χ3v) is 4.04. The number of piperidine rings is 1. The number of carbonyl (C=O) groups is 2. The number of carbonyl (C=O) groups excluding carboxylic acids is 2. The van der Waals surface area contributed by atoms with Gasteiger partial charge in [-0.3, -0.25) is 4.79 Å². The van der Waals surface area contributed by atoms with Crippen LogP contribution < -0.4 is 10.6 Å². The number of nitrogens with one attached hydrogen (secondary N) is 2. The summed E-state index contributed by atoms with van der Waals surface area (Å²) in [4.78, 5) is 25.8. The van der Waals surface area contributed by atoms with Crippen molar-refractivity contribution in [3.8, 4) is 0 Å². The van der Waals surface area contributed by atoms with Gasteiger partial charge in [0.15, 0.2) is 0 Å². The van der Waals surface area contributed by atoms with Gasteiger partial charge in [0.25, 0.3) is 0 Å². The molecule has 126 valence electrons. The average molecular weight is 317 g/mol. The van der Waals surface area contributed by atoms with Crippen molar-refractivity contribution < 1.29 is 9.59 Å². The molecule has 0 atom stereocenters. The van der Waals surface area contributed by atoms with Gasteiger partial charge >= 0.3 is 6.03 Å². The van der Waals surface area contributed by atoms with Crippen molar-refractivity contribution in [3.63, 3.8) is 0 Å². The monoisotopic (exact) mass is 317 g/mol. The molecule has 1 aliphatic heterocycles. The van der Waals surface area contributed by atoms with Crippen LogP contribution in [0.4, 0.5) is 4.79 Å². The van der Waals surface area contributed by atoms with Crippen molar-refractivity contribution >= 4 is 11.9 Å². The molecule has 0 radical (unpaired) electrons. The predicted octanol–water partition coefficient (Wildman–Crippen LogP) is 2.32. The Labute approximate surface area is 138 Å². The fourth-order valence-corrected chi connectivity index (χ4v) is 2.77. The van der Waals surface area contributed by atoms with Gasteiger partial charge in [-0.25, -0.2) is 4.79 Å². The van der Waals surface area contributed by atoms with E-state index in [9.17, 15) is 9.59 Å². The Kier molecular flexibility index (Phi) is 6.44. The van der Waals surface area contributed by atoms with Crippen LogP contribution in [0, 0.1) is 0 Å². The molecular weight excluding hydrogens is 290 g/mol. The topological polar surface area (TPSA) is 61.4 Å². The molecule has 0 aliphatic carbocycles. The maximum atomic E-state index is 12.0. The maximum absolute atomic E-state index is 12.0. The number of likely N-dealkylation sites (tertiary alicyclic amines) is 1. The Bertz CT molecular complexity index is 508. The van der Waals surface area contributed by atoms with Crippen LogP contribution in [0.25, 0.3) is 0 Å². The smallest absolute Gasteiger partial charge is 0.317 e. The van der Waals surface area contributed by atoms with E-state index in [1.807, 2.05) is 49.1 Å². The molecule has 23 heavy (non-hydrogen) atoms. The lowest BCUT2D eigenvalue weighted by atomic mass is 10.0. The first kappa shape index (κ1) is 17.3. The van der Waals surface area contributed by atoms with Crippen LogP contribution in [0.15, 0.2) is 30.3 Å². The number of benzene rings is 1. The molecule has 0 saturated carbocycles. The molecule has 0 bridgehead atoms. The Morgan fingerprint density at radius 2 is 1.83 bits per heavy atom. The number of rotatable bonds is 5. The van der Waals surface area contributed by atoms with Crippen LogP contribution in [-0.2, 0) is 11.2 Å². The normalized spacial score (nSPS) is 15.5. The Balaban J connectivity index is 1.67. The maximum Gasteiger partial charge on any atom is 0.317 e. The minimum atomic E-state index is -0.00569. The summed E-state index contributed by atoms with van der Waals surface area (Å²) in [5, 5.41) is 6.00. The van der Waals surface area contributed by atoms with Gasteiger partial charge in [-0.05, 0) is 38.7 Å². The number of nitrogens with zero attached hydrogens (tertiary/aromatic N) is 1. The molecule has 0 spiro atoms. The molecule has 1 fully saturated rings. The van der Waals surface area contributed by atoms with Crippen LogP contribution in [0.5, 0.6) is 0 Å². The van der Waals surface area contributed by atoms with Gasteiger partial charge in [-0.2, -0.15) is 0 Å². The summed E-state index contributed by atoms with van der Waals surface area (Å²) in [7, 11) is 0. The van der Waals surface area contributed by atoms with Crippen LogP contribution >= 0.6 is 0 Å². The molecule has 1 saturated heterocycles. The van der Waals surface area contributed by atoms with Crippen molar-refractivity contribution in [2.24, 2.45) is 0 Å². The van der Waals surface area contributed by atoms with Crippen molar-refractivity contribution in [1.29, 1.82) is 0 Å². The summed E-state index contributed by atoms with van der Waals surface area (Å²) in [5.41, 5.74) is 1.18. The minimum Gasteiger partial charge on any atom is -0.353 e. The Hall–Kier alpha value is -2.04. The summed E-state index contributed by atoms with van der Waals surface area (Å²) >= 11 is 0. The third kappa shape index (κ3) is 5.93. The van der Waals surface area contributed by atoms with Crippen LogP contribution in [0.1, 0.15) is 38.7 Å². The van der Waals surface area contributed by atoms with Gasteiger partial charge in [-0.1, -0.05) is 30.3 Å². The van der Waals surface area contributed by atoms with Gasteiger partial charge in [0.1, 0.15) is 0 Å². The molecule has 2 rings (SSSR count). The number of hydrogen-bond acceptors (Lipinski definition) is 2. The third-order valence-electron chi connectivity index (χ3n) is 4.04. The van der Waals surface area contributed by atoms with Gasteiger partial charge in [0, 0.05) is 31.6 Å². The van der Waals surface area contributed by atoms with Crippen molar-refractivity contribution in [3.05, 3.63) is 35.9 Å². The number of amides is 3. The predicted molar refractivity (Wildman–Crippen MR) is 91.2 cm³/mol. The lowest BCUT2D eigenvalue weighted by molar-refractivity contribution is -0.122. The molecule has 2 N–H and O–H groups in total. The van der Waals surface area contributed by atoms with E-state index in [2.05, 4.69) is 10.6 Å². The molecule has 1 heterocycles. The highest BCUT2D eigenvalue weighted by Crippen LogP contribution is 2.11. The SMILES string of the molecule is CC(C)NC(=O)N1CCC(NC(=O)CCc2ccccc2)CC1. The van der Waals surface area contributed by atoms with Crippen LogP contribution in [0.2, 0.25) is 0 Å². The number of aryl methyl sites for hydroxylation is 1. The first-order valence-corrected chi connectivity index (χ1v) is 8.43. The van der Waals surface area contributed by atoms with E-state index in [-0.39, 0.29) is 24.0 Å². The molecule has 5 heteroatoms. The van der Waals surface area contributed by atoms with Crippen molar-refractivity contribution in [2.75, 3.05) is 13.1 Å². The van der Waals surface area contributed by atoms with E-state index in [0.717, 1.165) is 19.3 Å². The Morgan fingerprint density at radius 3 is 2.43 bits per heavy atom. The highest BCUT2D eigenvalue weighted by molar-refractivity contribution is 5.77. The van der Waals surface area contributed by atoms with Crippen LogP contribution in [-0.4, -0.2) is 42.0 Å². The molecule has 0 unspecified atom stereocenters. The standard InChI is InChI=1S/C18H27N3O2/c1-14(2)19-18(23)21-12-10-16(11-13-21)20-17(22)9-8-15-6-4-3-5-7-15/h3-7,14,16H,8-13H2,1-2H3,(H,19,23)(H,20,22). The van der Waals surface area contributed by atoms with Crippen molar-refractivity contribution in [1.82, 2.24) is 15.5 Å². The van der Waals surface area contributed by atoms with Gasteiger partial charge in [-0.15, -0.1) is 0 Å². The molecular formula is C18H27N3O2. The van der Waals surface area contributed by atoms with E-state index in [1.165, 1.54) is 5.56 Å². The first-order valence-electron chi connectivity index (χ1n) is 8.43. The largest absolute Gasteiger partial charge is 0.353 e. The van der Waals surface area contributed by atoms with E-state index in [0.29, 0.717) is 19.5 Å². The van der Waals surface area contributed by atoms with Gasteiger partial charge in [0.05, 0.1) is 0 Å². The quantitative estimate of drug-likeness (QED) is 0.875. The summed E-state index contributed by atoms with van der Waals surface area (Å²) in [6, 6.07) is 10.4. The van der Waals surface area contributed by atoms with E-state index < -0.39 is 0 Å². The molecule has 3 amide bonds. The molecule has 0 aromatic heterocycles. The second-order valence-electron chi connectivity index (χ2n) is 6.42. The molecule has 1 aromatic carbocycles. The molecule has 5 nitrogen and oxygen atoms in total. The van der Waals surface area contributed by atoms with E-state index in [1.54, 1.807) is 0 Å². The first-order chi connectivity index (χ1) is 11.0. The van der Waals surface area contributed by atoms with E-state index in [4.69, 9.17) is 0 Å². The zero-order valence-corrected chi connectivity index (χ0v) is 14.0. The van der Waals surface area contributed by atoms with Crippen molar-refractivity contribution in [2.45, 2.75) is 51.6 Å². The second-order valence-corrected chi connectivity index (χ2v) is 6.42. The highest BCUT2D eigenvalue weighted by atomic mass is 16.2. The summed E-state index contributed by atoms with van der Waals surface area (Å²) in [6.07, 6.45) is 2.92. The lowest BCUT2D eigenvalue weighted by Gasteiger charge is -2.33. The Morgan fingerprint density at radius 1 is 1.17 bits per heavy atom. The summed E-state index contributed by atoms with van der Waals surface area (Å²) < 4.78 is 0. The summed E-state index contributed by atoms with van der Waals surface area (Å²) in [5.74, 6) is 0.0962. The molecule has 1 aliphatic rings.